The summed E-state index contributed by atoms with van der Waals surface area (Å²) in [5, 5.41) is 3.44. The highest BCUT2D eigenvalue weighted by molar-refractivity contribution is 7.89. The fraction of sp³-hybridized carbons (Fsp3) is 0.600. The fourth-order valence-electron chi connectivity index (χ4n) is 2.09. The molecule has 0 saturated carbocycles. The summed E-state index contributed by atoms with van der Waals surface area (Å²) in [6.07, 6.45) is 0.862. The van der Waals surface area contributed by atoms with Crippen LogP contribution in [0.5, 0.6) is 0 Å². The quantitative estimate of drug-likeness (QED) is 0.720. The van der Waals surface area contributed by atoms with Crippen LogP contribution < -0.4 is 15.8 Å². The first-order chi connectivity index (χ1) is 9.70. The van der Waals surface area contributed by atoms with Gasteiger partial charge in [-0.3, -0.25) is 0 Å². The van der Waals surface area contributed by atoms with Crippen LogP contribution in [0.25, 0.3) is 0 Å². The number of hydrogen-bond acceptors (Lipinski definition) is 4. The van der Waals surface area contributed by atoms with Gasteiger partial charge in [0.25, 0.3) is 0 Å². The lowest BCUT2D eigenvalue weighted by molar-refractivity contribution is 0.329. The molecule has 0 aliphatic rings. The number of sulfonamides is 1. The van der Waals surface area contributed by atoms with Gasteiger partial charge in [0, 0.05) is 18.3 Å². The largest absolute Gasteiger partial charge is 0.382 e. The van der Waals surface area contributed by atoms with Crippen molar-refractivity contribution in [3.05, 3.63) is 24.3 Å². The summed E-state index contributed by atoms with van der Waals surface area (Å²) in [6, 6.07) is 7.04. The van der Waals surface area contributed by atoms with E-state index in [1.165, 1.54) is 0 Å². The number of rotatable bonds is 7. The van der Waals surface area contributed by atoms with Gasteiger partial charge >= 0.3 is 0 Å². The second kappa shape index (κ2) is 7.24. The molecule has 6 heteroatoms. The molecule has 0 aliphatic heterocycles. The van der Waals surface area contributed by atoms with Gasteiger partial charge in [0.1, 0.15) is 0 Å². The Balaban J connectivity index is 2.87. The molecule has 1 aromatic carbocycles. The first-order valence-corrected chi connectivity index (χ1v) is 8.75. The van der Waals surface area contributed by atoms with E-state index in [-0.39, 0.29) is 16.4 Å². The Hall–Kier alpha value is -1.11. The Morgan fingerprint density at radius 1 is 1.19 bits per heavy atom. The molecular formula is C15H27N3O2S. The van der Waals surface area contributed by atoms with Crippen molar-refractivity contribution >= 4 is 15.7 Å². The van der Waals surface area contributed by atoms with Gasteiger partial charge in [-0.05, 0) is 42.6 Å². The van der Waals surface area contributed by atoms with Crippen LogP contribution in [0.1, 0.15) is 34.1 Å². The normalized spacial score (nSPS) is 14.0. The van der Waals surface area contributed by atoms with Gasteiger partial charge in [0.05, 0.1) is 4.90 Å². The maximum Gasteiger partial charge on any atom is 0.240 e. The minimum absolute atomic E-state index is 0.0773. The average molecular weight is 313 g/mol. The molecule has 1 atom stereocenters. The number of benzene rings is 1. The van der Waals surface area contributed by atoms with Gasteiger partial charge < -0.3 is 11.1 Å². The molecule has 21 heavy (non-hydrogen) atoms. The minimum Gasteiger partial charge on any atom is -0.382 e. The van der Waals surface area contributed by atoms with E-state index in [2.05, 4.69) is 30.8 Å². The van der Waals surface area contributed by atoms with Crippen LogP contribution in [-0.4, -0.2) is 27.5 Å². The summed E-state index contributed by atoms with van der Waals surface area (Å²) < 4.78 is 26.2. The molecule has 0 amide bonds. The molecule has 0 spiro atoms. The minimum atomic E-state index is -3.39. The van der Waals surface area contributed by atoms with Gasteiger partial charge in [0.2, 0.25) is 10.0 Å². The Labute approximate surface area is 128 Å². The third-order valence-electron chi connectivity index (χ3n) is 3.34. The van der Waals surface area contributed by atoms with E-state index in [4.69, 9.17) is 5.73 Å². The molecule has 0 heterocycles. The molecule has 0 aliphatic carbocycles. The second-order valence-corrected chi connectivity index (χ2v) is 7.93. The highest BCUT2D eigenvalue weighted by Gasteiger charge is 2.23. The van der Waals surface area contributed by atoms with Crippen LogP contribution in [0.3, 0.4) is 0 Å². The lowest BCUT2D eigenvalue weighted by Crippen LogP contribution is -2.35. The maximum atomic E-state index is 11.9. The Bertz CT molecular complexity index is 533. The van der Waals surface area contributed by atoms with Crippen molar-refractivity contribution in [2.45, 2.75) is 45.1 Å². The first-order valence-electron chi connectivity index (χ1n) is 7.27. The molecule has 0 aromatic heterocycles. The highest BCUT2D eigenvalue weighted by Crippen LogP contribution is 2.25. The summed E-state index contributed by atoms with van der Waals surface area (Å²) in [5.41, 5.74) is 6.65. The van der Waals surface area contributed by atoms with E-state index in [0.29, 0.717) is 13.1 Å². The topological polar surface area (TPSA) is 84.2 Å². The zero-order chi connectivity index (χ0) is 16.1. The van der Waals surface area contributed by atoms with Crippen LogP contribution in [0.2, 0.25) is 0 Å². The van der Waals surface area contributed by atoms with Gasteiger partial charge in [-0.15, -0.1) is 0 Å². The van der Waals surface area contributed by atoms with Crippen molar-refractivity contribution in [3.63, 3.8) is 0 Å². The monoisotopic (exact) mass is 313 g/mol. The van der Waals surface area contributed by atoms with E-state index in [1.54, 1.807) is 31.2 Å². The van der Waals surface area contributed by atoms with Crippen molar-refractivity contribution in [2.24, 2.45) is 11.1 Å². The summed E-state index contributed by atoms with van der Waals surface area (Å²) >= 11 is 0. The summed E-state index contributed by atoms with van der Waals surface area (Å²) in [4.78, 5) is 0.279. The predicted molar refractivity (Wildman–Crippen MR) is 87.8 cm³/mol. The number of nitrogens with two attached hydrogens (primary N) is 1. The van der Waals surface area contributed by atoms with Gasteiger partial charge in [-0.1, -0.05) is 27.7 Å². The molecule has 1 aromatic rings. The molecule has 0 radical (unpaired) electrons. The SMILES string of the molecule is CCNS(=O)(=O)c1ccc(NC(CCN)C(C)(C)C)cc1. The molecule has 1 unspecified atom stereocenters. The maximum absolute atomic E-state index is 11.9. The Morgan fingerprint density at radius 3 is 2.19 bits per heavy atom. The van der Waals surface area contributed by atoms with E-state index in [1.807, 2.05) is 0 Å². The zero-order valence-electron chi connectivity index (χ0n) is 13.3. The summed E-state index contributed by atoms with van der Waals surface area (Å²) in [6.45, 7) is 9.22. The Morgan fingerprint density at radius 2 is 1.76 bits per heavy atom. The van der Waals surface area contributed by atoms with Crippen LogP contribution in [0, 0.1) is 5.41 Å². The van der Waals surface area contributed by atoms with Gasteiger partial charge in [-0.2, -0.15) is 0 Å². The third-order valence-corrected chi connectivity index (χ3v) is 4.90. The van der Waals surface area contributed by atoms with Crippen LogP contribution >= 0.6 is 0 Å². The molecule has 0 bridgehead atoms. The smallest absolute Gasteiger partial charge is 0.240 e. The third kappa shape index (κ3) is 5.30. The van der Waals surface area contributed by atoms with Crippen LogP contribution in [0.15, 0.2) is 29.2 Å². The fourth-order valence-corrected chi connectivity index (χ4v) is 3.13. The molecule has 1 rings (SSSR count). The van der Waals surface area contributed by atoms with E-state index in [0.717, 1.165) is 12.1 Å². The van der Waals surface area contributed by atoms with Gasteiger partial charge in [0.15, 0.2) is 0 Å². The van der Waals surface area contributed by atoms with Crippen molar-refractivity contribution in [1.82, 2.24) is 4.72 Å². The van der Waals surface area contributed by atoms with Crippen molar-refractivity contribution in [2.75, 3.05) is 18.4 Å². The van der Waals surface area contributed by atoms with Crippen LogP contribution in [0.4, 0.5) is 5.69 Å². The highest BCUT2D eigenvalue weighted by atomic mass is 32.2. The molecule has 0 fully saturated rings. The van der Waals surface area contributed by atoms with E-state index >= 15 is 0 Å². The average Bonchev–Trinajstić information content (AvgIpc) is 2.37. The van der Waals surface area contributed by atoms with Crippen molar-refractivity contribution in [1.29, 1.82) is 0 Å². The van der Waals surface area contributed by atoms with Gasteiger partial charge in [-0.25, -0.2) is 13.1 Å². The molecule has 0 saturated heterocycles. The standard InChI is InChI=1S/C15H27N3O2S/c1-5-17-21(19,20)13-8-6-12(7-9-13)18-14(10-11-16)15(2,3)4/h6-9,14,17-18H,5,10-11,16H2,1-4H3. The van der Waals surface area contributed by atoms with Crippen molar-refractivity contribution < 1.29 is 8.42 Å². The zero-order valence-corrected chi connectivity index (χ0v) is 14.1. The predicted octanol–water partition coefficient (Wildman–Crippen LogP) is 2.16. The molecule has 120 valence electrons. The second-order valence-electron chi connectivity index (χ2n) is 6.17. The molecule has 4 N–H and O–H groups in total. The Kier molecular flexibility index (Phi) is 6.19. The lowest BCUT2D eigenvalue weighted by atomic mass is 9.84. The number of anilines is 1. The number of hydrogen-bond donors (Lipinski definition) is 3. The van der Waals surface area contributed by atoms with E-state index < -0.39 is 10.0 Å². The summed E-state index contributed by atoms with van der Waals surface area (Å²) in [5.74, 6) is 0. The van der Waals surface area contributed by atoms with E-state index in [9.17, 15) is 8.42 Å². The summed E-state index contributed by atoms with van der Waals surface area (Å²) in [7, 11) is -3.39. The molecular weight excluding hydrogens is 286 g/mol. The lowest BCUT2D eigenvalue weighted by Gasteiger charge is -2.32. The number of nitrogens with one attached hydrogen (secondary N) is 2. The first kappa shape index (κ1) is 17.9. The molecule has 5 nitrogen and oxygen atoms in total. The van der Waals surface area contributed by atoms with Crippen LogP contribution in [-0.2, 0) is 10.0 Å². The van der Waals surface area contributed by atoms with Crippen molar-refractivity contribution in [3.8, 4) is 0 Å².